The van der Waals surface area contributed by atoms with Gasteiger partial charge in [-0.2, -0.15) is 0 Å². The Morgan fingerprint density at radius 3 is 2.46 bits per heavy atom. The number of anilines is 1. The summed E-state index contributed by atoms with van der Waals surface area (Å²) in [5, 5.41) is 12.9. The monoisotopic (exact) mass is 407 g/mol. The van der Waals surface area contributed by atoms with Gasteiger partial charge in [-0.15, -0.1) is 10.2 Å². The van der Waals surface area contributed by atoms with E-state index in [9.17, 15) is 4.79 Å². The third-order valence-corrected chi connectivity index (χ3v) is 7.51. The van der Waals surface area contributed by atoms with E-state index in [1.807, 2.05) is 0 Å². The van der Waals surface area contributed by atoms with E-state index in [1.54, 1.807) is 0 Å². The number of morpholine rings is 1. The van der Waals surface area contributed by atoms with Crippen LogP contribution in [-0.2, 0) is 14.9 Å². The lowest BCUT2D eigenvalue weighted by molar-refractivity contribution is -0.119. The number of carbonyl (C=O) groups is 1. The molecule has 2 saturated heterocycles. The molecule has 8 heteroatoms. The molecule has 2 aliphatic heterocycles. The Morgan fingerprint density at radius 2 is 1.86 bits per heavy atom. The number of fused-ring (bicyclic) bond motifs is 2. The van der Waals surface area contributed by atoms with Crippen LogP contribution in [0.25, 0.3) is 0 Å². The van der Waals surface area contributed by atoms with E-state index < -0.39 is 0 Å². The van der Waals surface area contributed by atoms with Crippen molar-refractivity contribution in [3.63, 3.8) is 0 Å². The zero-order valence-corrected chi connectivity index (χ0v) is 18.1. The number of likely N-dealkylation sites (tertiary alicyclic amines) is 1. The van der Waals surface area contributed by atoms with Crippen LogP contribution in [0.4, 0.5) is 5.13 Å². The van der Waals surface area contributed by atoms with Gasteiger partial charge in [0.05, 0.1) is 19.8 Å². The van der Waals surface area contributed by atoms with Crippen LogP contribution in [0.2, 0.25) is 0 Å². The maximum atomic E-state index is 12.6. The molecular weight excluding hydrogens is 374 g/mol. The SMILES string of the molecule is CC(C)(C)c1nnc(NC(=O)CN2CC3CCCC(C2)C3N2CCOCC2)s1. The number of ether oxygens (including phenoxy) is 1. The van der Waals surface area contributed by atoms with Crippen LogP contribution < -0.4 is 5.32 Å². The van der Waals surface area contributed by atoms with Crippen molar-refractivity contribution >= 4 is 22.4 Å². The quantitative estimate of drug-likeness (QED) is 0.825. The summed E-state index contributed by atoms with van der Waals surface area (Å²) >= 11 is 1.47. The zero-order valence-electron chi connectivity index (χ0n) is 17.3. The molecule has 0 aromatic carbocycles. The highest BCUT2D eigenvalue weighted by molar-refractivity contribution is 7.15. The highest BCUT2D eigenvalue weighted by Crippen LogP contribution is 2.38. The molecule has 0 spiro atoms. The second-order valence-corrected chi connectivity index (χ2v) is 10.5. The van der Waals surface area contributed by atoms with Crippen molar-refractivity contribution < 1.29 is 9.53 Å². The van der Waals surface area contributed by atoms with Crippen LogP contribution in [0.15, 0.2) is 0 Å². The molecule has 2 bridgehead atoms. The summed E-state index contributed by atoms with van der Waals surface area (Å²) < 4.78 is 5.55. The number of carbonyl (C=O) groups excluding carboxylic acids is 1. The molecule has 2 unspecified atom stereocenters. The lowest BCUT2D eigenvalue weighted by Crippen LogP contribution is -2.60. The first-order chi connectivity index (χ1) is 13.4. The van der Waals surface area contributed by atoms with Gasteiger partial charge in [0, 0.05) is 37.6 Å². The van der Waals surface area contributed by atoms with Crippen molar-refractivity contribution in [2.75, 3.05) is 51.3 Å². The Balaban J connectivity index is 1.33. The van der Waals surface area contributed by atoms with Gasteiger partial charge < -0.3 is 4.74 Å². The van der Waals surface area contributed by atoms with Gasteiger partial charge in [0.15, 0.2) is 0 Å². The number of nitrogens with one attached hydrogen (secondary N) is 1. The number of hydrogen-bond acceptors (Lipinski definition) is 7. The fourth-order valence-corrected chi connectivity index (χ4v) is 5.86. The van der Waals surface area contributed by atoms with Crippen molar-refractivity contribution in [2.24, 2.45) is 11.8 Å². The average molecular weight is 408 g/mol. The van der Waals surface area contributed by atoms with Crippen molar-refractivity contribution in [1.29, 1.82) is 0 Å². The van der Waals surface area contributed by atoms with Crippen molar-refractivity contribution in [1.82, 2.24) is 20.0 Å². The van der Waals surface area contributed by atoms with Gasteiger partial charge in [-0.3, -0.25) is 19.9 Å². The third-order valence-electron chi connectivity index (χ3n) is 6.25. The molecule has 7 nitrogen and oxygen atoms in total. The van der Waals surface area contributed by atoms with E-state index in [0.29, 0.717) is 29.6 Å². The number of piperidine rings is 1. The predicted molar refractivity (Wildman–Crippen MR) is 111 cm³/mol. The maximum absolute atomic E-state index is 12.6. The molecule has 1 aromatic heterocycles. The highest BCUT2D eigenvalue weighted by Gasteiger charge is 2.42. The van der Waals surface area contributed by atoms with Crippen molar-refractivity contribution in [2.45, 2.75) is 51.5 Å². The van der Waals surface area contributed by atoms with Crippen LogP contribution in [0.1, 0.15) is 45.0 Å². The molecule has 3 heterocycles. The second-order valence-electron chi connectivity index (χ2n) is 9.49. The fraction of sp³-hybridized carbons (Fsp3) is 0.850. The minimum absolute atomic E-state index is 0.0273. The molecule has 1 amide bonds. The molecule has 1 saturated carbocycles. The number of amides is 1. The summed E-state index contributed by atoms with van der Waals surface area (Å²) in [6.07, 6.45) is 3.89. The van der Waals surface area contributed by atoms with Crippen molar-refractivity contribution in [3.05, 3.63) is 5.01 Å². The third kappa shape index (κ3) is 4.56. The molecule has 3 fully saturated rings. The van der Waals surface area contributed by atoms with Crippen molar-refractivity contribution in [3.8, 4) is 0 Å². The van der Waals surface area contributed by atoms with Gasteiger partial charge in [0.25, 0.3) is 0 Å². The van der Waals surface area contributed by atoms with E-state index in [4.69, 9.17) is 4.74 Å². The van der Waals surface area contributed by atoms with Crippen LogP contribution in [0.5, 0.6) is 0 Å². The summed E-state index contributed by atoms with van der Waals surface area (Å²) in [5.41, 5.74) is -0.0422. The van der Waals surface area contributed by atoms with Gasteiger partial charge in [-0.25, -0.2) is 0 Å². The van der Waals surface area contributed by atoms with Crippen LogP contribution in [0, 0.1) is 11.8 Å². The maximum Gasteiger partial charge on any atom is 0.240 e. The molecule has 3 aliphatic rings. The van der Waals surface area contributed by atoms with Crippen LogP contribution >= 0.6 is 11.3 Å². The Bertz CT molecular complexity index is 668. The lowest BCUT2D eigenvalue weighted by Gasteiger charge is -2.52. The Labute approximate surface area is 171 Å². The number of rotatable bonds is 4. The van der Waals surface area contributed by atoms with Gasteiger partial charge in [0.1, 0.15) is 5.01 Å². The average Bonchev–Trinajstić information content (AvgIpc) is 3.10. The second kappa shape index (κ2) is 8.34. The first kappa shape index (κ1) is 20.2. The molecule has 156 valence electrons. The predicted octanol–water partition coefficient (Wildman–Crippen LogP) is 2.21. The molecular formula is C20H33N5O2S. The summed E-state index contributed by atoms with van der Waals surface area (Å²) in [5.74, 6) is 1.37. The van der Waals surface area contributed by atoms with Crippen LogP contribution in [0.3, 0.4) is 0 Å². The Hall–Kier alpha value is -1.09. The molecule has 1 aliphatic carbocycles. The molecule has 1 N–H and O–H groups in total. The number of hydrogen-bond donors (Lipinski definition) is 1. The van der Waals surface area contributed by atoms with E-state index >= 15 is 0 Å². The molecule has 0 radical (unpaired) electrons. The number of aromatic nitrogens is 2. The fourth-order valence-electron chi connectivity index (χ4n) is 5.04. The minimum atomic E-state index is -0.0422. The first-order valence-corrected chi connectivity index (χ1v) is 11.4. The standard InChI is InChI=1S/C20H33N5O2S/c1-20(2,3)18-22-23-19(28-18)21-16(26)13-24-11-14-5-4-6-15(12-24)17(14)25-7-9-27-10-8-25/h14-15,17H,4-13H2,1-3H3,(H,21,23,26). The van der Waals surface area contributed by atoms with Crippen LogP contribution in [-0.4, -0.2) is 77.9 Å². The van der Waals surface area contributed by atoms with Gasteiger partial charge in [-0.05, 0) is 24.7 Å². The van der Waals surface area contributed by atoms with E-state index in [0.717, 1.165) is 44.4 Å². The van der Waals surface area contributed by atoms with E-state index in [2.05, 4.69) is 46.1 Å². The molecule has 4 rings (SSSR count). The molecule has 1 aromatic rings. The molecule has 2 atom stereocenters. The largest absolute Gasteiger partial charge is 0.379 e. The first-order valence-electron chi connectivity index (χ1n) is 10.6. The Morgan fingerprint density at radius 1 is 1.18 bits per heavy atom. The molecule has 28 heavy (non-hydrogen) atoms. The smallest absolute Gasteiger partial charge is 0.240 e. The summed E-state index contributed by atoms with van der Waals surface area (Å²) in [6, 6.07) is 0.675. The zero-order chi connectivity index (χ0) is 19.7. The lowest BCUT2D eigenvalue weighted by atomic mass is 9.72. The summed E-state index contributed by atoms with van der Waals surface area (Å²) in [7, 11) is 0. The highest BCUT2D eigenvalue weighted by atomic mass is 32.1. The number of nitrogens with zero attached hydrogens (tertiary/aromatic N) is 4. The van der Waals surface area contributed by atoms with E-state index in [-0.39, 0.29) is 11.3 Å². The van der Waals surface area contributed by atoms with Gasteiger partial charge in [0.2, 0.25) is 11.0 Å². The topological polar surface area (TPSA) is 70.6 Å². The van der Waals surface area contributed by atoms with Gasteiger partial charge >= 0.3 is 0 Å². The van der Waals surface area contributed by atoms with E-state index in [1.165, 1.54) is 30.6 Å². The summed E-state index contributed by atoms with van der Waals surface area (Å²) in [4.78, 5) is 17.6. The Kier molecular flexibility index (Phi) is 6.01. The van der Waals surface area contributed by atoms with Gasteiger partial charge in [-0.1, -0.05) is 38.5 Å². The minimum Gasteiger partial charge on any atom is -0.379 e. The summed E-state index contributed by atoms with van der Waals surface area (Å²) in [6.45, 7) is 12.7. The normalized spacial score (nSPS) is 29.6.